The van der Waals surface area contributed by atoms with Gasteiger partial charge in [-0.1, -0.05) is 32.0 Å². The lowest BCUT2D eigenvalue weighted by molar-refractivity contribution is 0.783. The highest BCUT2D eigenvalue weighted by Crippen LogP contribution is 2.29. The Labute approximate surface area is 103 Å². The van der Waals surface area contributed by atoms with Gasteiger partial charge in [-0.2, -0.15) is 0 Å². The molecule has 0 aliphatic rings. The van der Waals surface area contributed by atoms with Crippen molar-refractivity contribution in [2.45, 2.75) is 37.1 Å². The van der Waals surface area contributed by atoms with Gasteiger partial charge in [0.05, 0.1) is 5.39 Å². The van der Waals surface area contributed by atoms with Gasteiger partial charge < -0.3 is 5.73 Å². The van der Waals surface area contributed by atoms with Gasteiger partial charge in [-0.25, -0.2) is 9.97 Å². The summed E-state index contributed by atoms with van der Waals surface area (Å²) in [6.45, 7) is 4.39. The van der Waals surface area contributed by atoms with Gasteiger partial charge in [-0.3, -0.25) is 0 Å². The molecule has 2 heterocycles. The quantitative estimate of drug-likeness (QED) is 0.668. The van der Waals surface area contributed by atoms with Crippen molar-refractivity contribution >= 4 is 39.1 Å². The van der Waals surface area contributed by atoms with E-state index in [-0.39, 0.29) is 0 Å². The van der Waals surface area contributed by atoms with E-state index in [1.807, 2.05) is 11.4 Å². The summed E-state index contributed by atoms with van der Waals surface area (Å²) in [6.07, 6.45) is 2.36. The SMILES string of the molecule is CCCC(C)Sc1nc(N)c2ccsc2n1. The molecule has 2 aromatic rings. The third kappa shape index (κ3) is 2.47. The Morgan fingerprint density at radius 2 is 2.31 bits per heavy atom. The highest BCUT2D eigenvalue weighted by Gasteiger charge is 2.10. The zero-order valence-electron chi connectivity index (χ0n) is 9.43. The second-order valence-corrected chi connectivity index (χ2v) is 6.05. The second kappa shape index (κ2) is 5.01. The summed E-state index contributed by atoms with van der Waals surface area (Å²) >= 11 is 3.32. The van der Waals surface area contributed by atoms with E-state index >= 15 is 0 Å². The van der Waals surface area contributed by atoms with Crippen molar-refractivity contribution in [3.05, 3.63) is 11.4 Å². The van der Waals surface area contributed by atoms with E-state index in [0.717, 1.165) is 15.4 Å². The number of rotatable bonds is 4. The smallest absolute Gasteiger partial charge is 0.191 e. The fourth-order valence-electron chi connectivity index (χ4n) is 1.56. The van der Waals surface area contributed by atoms with Crippen LogP contribution in [0, 0.1) is 0 Å². The van der Waals surface area contributed by atoms with Crippen molar-refractivity contribution in [3.8, 4) is 0 Å². The number of nitrogens with zero attached hydrogens (tertiary/aromatic N) is 2. The average Bonchev–Trinajstić information content (AvgIpc) is 2.66. The first-order valence-electron chi connectivity index (χ1n) is 5.38. The topological polar surface area (TPSA) is 51.8 Å². The number of thiophene rings is 1. The lowest BCUT2D eigenvalue weighted by atomic mass is 10.3. The first-order chi connectivity index (χ1) is 7.70. The molecule has 0 saturated heterocycles. The summed E-state index contributed by atoms with van der Waals surface area (Å²) in [5.74, 6) is 0.595. The van der Waals surface area contributed by atoms with Crippen LogP contribution in [0.3, 0.4) is 0 Å². The van der Waals surface area contributed by atoms with Crippen LogP contribution in [0.5, 0.6) is 0 Å². The summed E-state index contributed by atoms with van der Waals surface area (Å²) in [5, 5.41) is 4.31. The van der Waals surface area contributed by atoms with Gasteiger partial charge >= 0.3 is 0 Å². The van der Waals surface area contributed by atoms with Crippen molar-refractivity contribution in [3.63, 3.8) is 0 Å². The average molecular weight is 253 g/mol. The van der Waals surface area contributed by atoms with Crippen molar-refractivity contribution < 1.29 is 0 Å². The molecule has 0 radical (unpaired) electrons. The Hall–Kier alpha value is -0.810. The standard InChI is InChI=1S/C11H15N3S2/c1-3-4-7(2)16-11-13-9(12)8-5-6-15-10(8)14-11/h5-7H,3-4H2,1-2H3,(H2,12,13,14). The Balaban J connectivity index is 2.24. The van der Waals surface area contributed by atoms with Crippen LogP contribution in [-0.2, 0) is 0 Å². The third-order valence-corrected chi connectivity index (χ3v) is 4.17. The molecular formula is C11H15N3S2. The molecule has 1 unspecified atom stereocenters. The molecule has 86 valence electrons. The summed E-state index contributed by atoms with van der Waals surface area (Å²) < 4.78 is 0. The maximum absolute atomic E-state index is 5.89. The first-order valence-corrected chi connectivity index (χ1v) is 7.14. The molecule has 0 spiro atoms. The molecule has 0 amide bonds. The molecule has 5 heteroatoms. The number of aromatic nitrogens is 2. The predicted molar refractivity (Wildman–Crippen MR) is 72.1 cm³/mol. The van der Waals surface area contributed by atoms with Gasteiger partial charge in [-0.15, -0.1) is 11.3 Å². The number of nitrogens with two attached hydrogens (primary N) is 1. The summed E-state index contributed by atoms with van der Waals surface area (Å²) in [6, 6.07) is 1.97. The lowest BCUT2D eigenvalue weighted by Crippen LogP contribution is -2.00. The summed E-state index contributed by atoms with van der Waals surface area (Å²) in [7, 11) is 0. The van der Waals surface area contributed by atoms with Gasteiger partial charge in [0, 0.05) is 5.25 Å². The minimum absolute atomic E-state index is 0.543. The van der Waals surface area contributed by atoms with Crippen LogP contribution in [0.25, 0.3) is 10.2 Å². The van der Waals surface area contributed by atoms with Gasteiger partial charge in [-0.05, 0) is 17.9 Å². The minimum Gasteiger partial charge on any atom is -0.383 e. The first kappa shape index (κ1) is 11.7. The van der Waals surface area contributed by atoms with Crippen LogP contribution in [0.1, 0.15) is 26.7 Å². The normalized spacial score (nSPS) is 13.1. The number of thioether (sulfide) groups is 1. The second-order valence-electron chi connectivity index (χ2n) is 3.75. The van der Waals surface area contributed by atoms with E-state index in [4.69, 9.17) is 5.73 Å². The van der Waals surface area contributed by atoms with Gasteiger partial charge in [0.25, 0.3) is 0 Å². The van der Waals surface area contributed by atoms with E-state index in [1.54, 1.807) is 23.1 Å². The number of hydrogen-bond donors (Lipinski definition) is 1. The molecule has 0 bridgehead atoms. The molecular weight excluding hydrogens is 238 g/mol. The molecule has 1 atom stereocenters. The zero-order chi connectivity index (χ0) is 11.5. The number of nitrogen functional groups attached to an aromatic ring is 1. The maximum atomic E-state index is 5.89. The lowest BCUT2D eigenvalue weighted by Gasteiger charge is -2.08. The van der Waals surface area contributed by atoms with Gasteiger partial charge in [0.15, 0.2) is 5.16 Å². The Kier molecular flexibility index (Phi) is 3.66. The van der Waals surface area contributed by atoms with Crippen LogP contribution < -0.4 is 5.73 Å². The molecule has 0 aliphatic carbocycles. The summed E-state index contributed by atoms with van der Waals surface area (Å²) in [4.78, 5) is 9.83. The van der Waals surface area contributed by atoms with Crippen LogP contribution in [-0.4, -0.2) is 15.2 Å². The number of hydrogen-bond acceptors (Lipinski definition) is 5. The Morgan fingerprint density at radius 1 is 1.50 bits per heavy atom. The van der Waals surface area contributed by atoms with Gasteiger partial charge in [0.1, 0.15) is 10.6 Å². The highest BCUT2D eigenvalue weighted by atomic mass is 32.2. The Morgan fingerprint density at radius 3 is 3.06 bits per heavy atom. The maximum Gasteiger partial charge on any atom is 0.191 e. The molecule has 2 N–H and O–H groups in total. The number of anilines is 1. The fraction of sp³-hybridized carbons (Fsp3) is 0.455. The minimum atomic E-state index is 0.543. The van der Waals surface area contributed by atoms with Crippen molar-refractivity contribution in [2.75, 3.05) is 5.73 Å². The largest absolute Gasteiger partial charge is 0.383 e. The van der Waals surface area contributed by atoms with Crippen LogP contribution in [0.15, 0.2) is 16.6 Å². The van der Waals surface area contributed by atoms with Crippen molar-refractivity contribution in [1.82, 2.24) is 9.97 Å². The Bertz CT molecular complexity index is 481. The third-order valence-electron chi connectivity index (χ3n) is 2.34. The highest BCUT2D eigenvalue weighted by molar-refractivity contribution is 7.99. The van der Waals surface area contributed by atoms with Crippen LogP contribution in [0.4, 0.5) is 5.82 Å². The molecule has 0 saturated carbocycles. The van der Waals surface area contributed by atoms with Crippen molar-refractivity contribution in [1.29, 1.82) is 0 Å². The molecule has 0 fully saturated rings. The molecule has 2 rings (SSSR count). The van der Waals surface area contributed by atoms with E-state index in [9.17, 15) is 0 Å². The van der Waals surface area contributed by atoms with Crippen molar-refractivity contribution in [2.24, 2.45) is 0 Å². The van der Waals surface area contributed by atoms with E-state index in [0.29, 0.717) is 11.1 Å². The predicted octanol–water partition coefficient (Wildman–Crippen LogP) is 3.55. The molecule has 3 nitrogen and oxygen atoms in total. The number of fused-ring (bicyclic) bond motifs is 1. The molecule has 16 heavy (non-hydrogen) atoms. The fourth-order valence-corrected chi connectivity index (χ4v) is 3.39. The summed E-state index contributed by atoms with van der Waals surface area (Å²) in [5.41, 5.74) is 5.89. The van der Waals surface area contributed by atoms with E-state index in [1.165, 1.54) is 12.8 Å². The van der Waals surface area contributed by atoms with E-state index < -0.39 is 0 Å². The zero-order valence-corrected chi connectivity index (χ0v) is 11.1. The molecule has 2 aromatic heterocycles. The molecule has 0 aliphatic heterocycles. The van der Waals surface area contributed by atoms with E-state index in [2.05, 4.69) is 23.8 Å². The monoisotopic (exact) mass is 253 g/mol. The molecule has 0 aromatic carbocycles. The van der Waals surface area contributed by atoms with Gasteiger partial charge in [0.2, 0.25) is 0 Å². The van der Waals surface area contributed by atoms with Crippen LogP contribution in [0.2, 0.25) is 0 Å². The van der Waals surface area contributed by atoms with Crippen LogP contribution >= 0.6 is 23.1 Å².